The van der Waals surface area contributed by atoms with Crippen LogP contribution in [0.2, 0.25) is 0 Å². The van der Waals surface area contributed by atoms with E-state index in [4.69, 9.17) is 16.3 Å². The van der Waals surface area contributed by atoms with Crippen LogP contribution in [0.15, 0.2) is 60.0 Å². The Kier molecular flexibility index (Phi) is 4.24. The molecule has 2 aromatic carbocycles. The molecular weight excluding hydrogens is 288 g/mol. The maximum Gasteiger partial charge on any atom is 0.125 e. The Morgan fingerprint density at radius 1 is 1.05 bits per heavy atom. The van der Waals surface area contributed by atoms with Gasteiger partial charge in [-0.15, -0.1) is 22.9 Å². The molecule has 0 aliphatic heterocycles. The largest absolute Gasteiger partial charge is 0.486 e. The first-order chi connectivity index (χ1) is 9.86. The van der Waals surface area contributed by atoms with Gasteiger partial charge < -0.3 is 4.74 Å². The van der Waals surface area contributed by atoms with Crippen molar-refractivity contribution in [3.63, 3.8) is 0 Å². The van der Waals surface area contributed by atoms with E-state index in [0.717, 1.165) is 12.2 Å². The minimum Gasteiger partial charge on any atom is -0.486 e. The van der Waals surface area contributed by atoms with Crippen LogP contribution in [0.5, 0.6) is 5.75 Å². The summed E-state index contributed by atoms with van der Waals surface area (Å²) in [6, 6.07) is 18.6. The van der Waals surface area contributed by atoms with E-state index in [-0.39, 0.29) is 6.10 Å². The highest BCUT2D eigenvalue weighted by Gasteiger charge is 2.12. The molecule has 0 N–H and O–H groups in total. The number of hydrogen-bond donors (Lipinski definition) is 0. The lowest BCUT2D eigenvalue weighted by Crippen LogP contribution is -2.08. The third kappa shape index (κ3) is 2.97. The van der Waals surface area contributed by atoms with Gasteiger partial charge in [-0.25, -0.2) is 0 Å². The Morgan fingerprint density at radius 2 is 1.90 bits per heavy atom. The van der Waals surface area contributed by atoms with Gasteiger partial charge in [-0.3, -0.25) is 0 Å². The molecule has 0 saturated heterocycles. The van der Waals surface area contributed by atoms with E-state index in [1.807, 2.05) is 24.3 Å². The number of alkyl halides is 1. The Balaban J connectivity index is 1.85. The number of benzene rings is 2. The lowest BCUT2D eigenvalue weighted by atomic mass is 10.1. The zero-order valence-corrected chi connectivity index (χ0v) is 12.5. The summed E-state index contributed by atoms with van der Waals surface area (Å²) >= 11 is 7.66. The van der Waals surface area contributed by atoms with Crippen molar-refractivity contribution in [2.45, 2.75) is 12.5 Å². The number of thiophene rings is 1. The van der Waals surface area contributed by atoms with Crippen molar-refractivity contribution in [3.05, 3.63) is 65.5 Å². The first kappa shape index (κ1) is 13.5. The number of halogens is 1. The van der Waals surface area contributed by atoms with Crippen molar-refractivity contribution in [2.24, 2.45) is 0 Å². The first-order valence-corrected chi connectivity index (χ1v) is 8.03. The minimum absolute atomic E-state index is 0.00443. The van der Waals surface area contributed by atoms with Crippen molar-refractivity contribution in [1.82, 2.24) is 0 Å². The van der Waals surface area contributed by atoms with Gasteiger partial charge in [0.1, 0.15) is 11.9 Å². The molecule has 3 heteroatoms. The fourth-order valence-electron chi connectivity index (χ4n) is 2.24. The van der Waals surface area contributed by atoms with Crippen molar-refractivity contribution >= 4 is 33.0 Å². The summed E-state index contributed by atoms with van der Waals surface area (Å²) in [5, 5.41) is 3.33. The number of fused-ring (bicyclic) bond motifs is 1. The normalized spacial score (nSPS) is 12.4. The average molecular weight is 303 g/mol. The molecule has 0 amide bonds. The Labute approximate surface area is 127 Å². The highest BCUT2D eigenvalue weighted by atomic mass is 35.5. The minimum atomic E-state index is 0.00443. The second-order valence-corrected chi connectivity index (χ2v) is 5.94. The van der Waals surface area contributed by atoms with Crippen molar-refractivity contribution in [3.8, 4) is 5.75 Å². The average Bonchev–Trinajstić information content (AvgIpc) is 2.95. The van der Waals surface area contributed by atoms with Crippen LogP contribution in [0, 0.1) is 0 Å². The van der Waals surface area contributed by atoms with Crippen LogP contribution in [-0.4, -0.2) is 5.88 Å². The summed E-state index contributed by atoms with van der Waals surface area (Å²) in [6.45, 7) is 0. The molecule has 0 saturated carbocycles. The van der Waals surface area contributed by atoms with E-state index in [2.05, 4.69) is 35.7 Å². The van der Waals surface area contributed by atoms with Gasteiger partial charge in [0.2, 0.25) is 0 Å². The zero-order valence-electron chi connectivity index (χ0n) is 11.0. The van der Waals surface area contributed by atoms with Crippen LogP contribution in [0.25, 0.3) is 10.1 Å². The molecule has 0 bridgehead atoms. The van der Waals surface area contributed by atoms with Gasteiger partial charge in [0.25, 0.3) is 0 Å². The maximum absolute atomic E-state index is 6.14. The Hall–Kier alpha value is -1.51. The lowest BCUT2D eigenvalue weighted by molar-refractivity contribution is 0.202. The topological polar surface area (TPSA) is 9.23 Å². The van der Waals surface area contributed by atoms with E-state index in [1.54, 1.807) is 11.3 Å². The predicted molar refractivity (Wildman–Crippen MR) is 87.0 cm³/mol. The molecule has 1 nitrogen and oxygen atoms in total. The molecular formula is C17H15ClOS. The van der Waals surface area contributed by atoms with E-state index in [1.165, 1.54) is 15.6 Å². The van der Waals surface area contributed by atoms with Crippen LogP contribution in [0.4, 0.5) is 0 Å². The molecule has 0 aliphatic carbocycles. The van der Waals surface area contributed by atoms with Crippen LogP contribution in [0.3, 0.4) is 0 Å². The summed E-state index contributed by atoms with van der Waals surface area (Å²) in [6.07, 6.45) is 0.803. The molecule has 0 radical (unpaired) electrons. The van der Waals surface area contributed by atoms with Crippen molar-refractivity contribution in [1.29, 1.82) is 0 Å². The summed E-state index contributed by atoms with van der Waals surface area (Å²) < 4.78 is 7.42. The fourth-order valence-corrected chi connectivity index (χ4v) is 3.21. The summed E-state index contributed by atoms with van der Waals surface area (Å²) in [5.41, 5.74) is 1.17. The van der Waals surface area contributed by atoms with E-state index in [0.29, 0.717) is 5.88 Å². The highest BCUT2D eigenvalue weighted by Crippen LogP contribution is 2.29. The van der Waals surface area contributed by atoms with Crippen LogP contribution >= 0.6 is 22.9 Å². The van der Waals surface area contributed by atoms with Gasteiger partial charge >= 0.3 is 0 Å². The van der Waals surface area contributed by atoms with Gasteiger partial charge in [-0.05, 0) is 40.6 Å². The molecule has 0 aliphatic rings. The molecule has 1 heterocycles. The van der Waals surface area contributed by atoms with Gasteiger partial charge in [-0.1, -0.05) is 30.3 Å². The van der Waals surface area contributed by atoms with E-state index >= 15 is 0 Å². The quantitative estimate of drug-likeness (QED) is 0.553. The summed E-state index contributed by atoms with van der Waals surface area (Å²) in [4.78, 5) is 0. The van der Waals surface area contributed by atoms with E-state index < -0.39 is 0 Å². The van der Waals surface area contributed by atoms with Crippen LogP contribution < -0.4 is 4.74 Å². The summed E-state index contributed by atoms with van der Waals surface area (Å²) in [7, 11) is 0. The molecule has 0 unspecified atom stereocenters. The predicted octanol–water partition coefficient (Wildman–Crippen LogP) is 5.65. The first-order valence-electron chi connectivity index (χ1n) is 6.61. The molecule has 1 aromatic heterocycles. The molecule has 102 valence electrons. The third-order valence-electron chi connectivity index (χ3n) is 3.24. The Bertz CT molecular complexity index is 678. The Morgan fingerprint density at radius 3 is 2.70 bits per heavy atom. The lowest BCUT2D eigenvalue weighted by Gasteiger charge is -2.18. The monoisotopic (exact) mass is 302 g/mol. The molecule has 3 rings (SSSR count). The number of rotatable bonds is 5. The van der Waals surface area contributed by atoms with Gasteiger partial charge in [0.05, 0.1) is 0 Å². The zero-order chi connectivity index (χ0) is 13.8. The SMILES string of the molecule is ClCC[C@H](Oc1ccc2sccc2c1)c1ccccc1. The van der Waals surface area contributed by atoms with Crippen LogP contribution in [-0.2, 0) is 0 Å². The molecule has 3 aromatic rings. The summed E-state index contributed by atoms with van der Waals surface area (Å²) in [5.74, 6) is 1.48. The van der Waals surface area contributed by atoms with Gasteiger partial charge in [-0.2, -0.15) is 0 Å². The number of hydrogen-bond acceptors (Lipinski definition) is 2. The van der Waals surface area contributed by atoms with Crippen molar-refractivity contribution in [2.75, 3.05) is 5.88 Å². The molecule has 0 fully saturated rings. The van der Waals surface area contributed by atoms with E-state index in [9.17, 15) is 0 Å². The second kappa shape index (κ2) is 6.29. The third-order valence-corrected chi connectivity index (χ3v) is 4.36. The van der Waals surface area contributed by atoms with Crippen LogP contribution in [0.1, 0.15) is 18.1 Å². The maximum atomic E-state index is 6.14. The smallest absolute Gasteiger partial charge is 0.125 e. The molecule has 1 atom stereocenters. The molecule has 0 spiro atoms. The standard InChI is InChI=1S/C17H15ClOS/c18-10-8-16(13-4-2-1-3-5-13)19-15-6-7-17-14(12-15)9-11-20-17/h1-7,9,11-12,16H,8,10H2/t16-/m0/s1. The number of ether oxygens (including phenoxy) is 1. The highest BCUT2D eigenvalue weighted by molar-refractivity contribution is 7.17. The fraction of sp³-hybridized carbons (Fsp3) is 0.176. The van der Waals surface area contributed by atoms with Gasteiger partial charge in [0, 0.05) is 17.0 Å². The molecule has 20 heavy (non-hydrogen) atoms. The van der Waals surface area contributed by atoms with Gasteiger partial charge in [0.15, 0.2) is 0 Å². The van der Waals surface area contributed by atoms with Crippen molar-refractivity contribution < 1.29 is 4.74 Å². The second-order valence-electron chi connectivity index (χ2n) is 4.62.